The highest BCUT2D eigenvalue weighted by Crippen LogP contribution is 2.43. The molecule has 0 amide bonds. The minimum Gasteiger partial charge on any atom is -0.469 e. The van der Waals surface area contributed by atoms with Gasteiger partial charge in [0, 0.05) is 4.88 Å². The van der Waals surface area contributed by atoms with Gasteiger partial charge in [0.1, 0.15) is 0 Å². The average molecular weight is 291 g/mol. The first-order valence-corrected chi connectivity index (χ1v) is 8.16. The van der Waals surface area contributed by atoms with Gasteiger partial charge in [-0.25, -0.2) is 0 Å². The summed E-state index contributed by atoms with van der Waals surface area (Å²) in [6, 6.07) is 4.21. The van der Waals surface area contributed by atoms with Crippen LogP contribution < -0.4 is 5.32 Å². The van der Waals surface area contributed by atoms with E-state index in [2.05, 4.69) is 28.9 Å². The van der Waals surface area contributed by atoms with E-state index in [-0.39, 0.29) is 12.0 Å². The van der Waals surface area contributed by atoms with Gasteiger partial charge in [-0.05, 0) is 48.6 Å². The Morgan fingerprint density at radius 3 is 3.00 bits per heavy atom. The molecule has 1 heterocycles. The number of carbonyl (C=O) groups is 1. The van der Waals surface area contributed by atoms with Crippen LogP contribution >= 0.6 is 11.3 Å². The van der Waals surface area contributed by atoms with Crippen molar-refractivity contribution in [3.05, 3.63) is 34.5 Å². The van der Waals surface area contributed by atoms with Gasteiger partial charge in [0.15, 0.2) is 0 Å². The smallest absolute Gasteiger partial charge is 0.307 e. The molecule has 0 radical (unpaired) electrons. The van der Waals surface area contributed by atoms with Gasteiger partial charge in [0.05, 0.1) is 19.6 Å². The first-order valence-electron chi connectivity index (χ1n) is 7.28. The lowest BCUT2D eigenvalue weighted by molar-refractivity contribution is -0.141. The molecule has 3 nitrogen and oxygen atoms in total. The maximum absolute atomic E-state index is 11.6. The van der Waals surface area contributed by atoms with Crippen LogP contribution in [0.25, 0.3) is 0 Å². The van der Waals surface area contributed by atoms with Crippen molar-refractivity contribution >= 4 is 17.3 Å². The highest BCUT2D eigenvalue weighted by molar-refractivity contribution is 7.10. The standard InChI is InChI=1S/C16H21NO2S/c1-19-16(18)9-14(15-3-2-6-20-15)17-10-13-8-11-4-5-12(13)7-11/h2-6,11-14,17H,7-10H2,1H3. The van der Waals surface area contributed by atoms with Gasteiger partial charge in [0.25, 0.3) is 0 Å². The van der Waals surface area contributed by atoms with Crippen LogP contribution in [0.3, 0.4) is 0 Å². The molecule has 3 rings (SSSR count). The van der Waals surface area contributed by atoms with E-state index in [1.54, 1.807) is 11.3 Å². The lowest BCUT2D eigenvalue weighted by Gasteiger charge is -2.23. The molecule has 2 aliphatic carbocycles. The van der Waals surface area contributed by atoms with Gasteiger partial charge in [0.2, 0.25) is 0 Å². The second-order valence-corrected chi connectivity index (χ2v) is 6.78. The monoisotopic (exact) mass is 291 g/mol. The van der Waals surface area contributed by atoms with E-state index in [1.807, 2.05) is 6.07 Å². The van der Waals surface area contributed by atoms with Crippen molar-refractivity contribution in [3.63, 3.8) is 0 Å². The predicted molar refractivity (Wildman–Crippen MR) is 80.5 cm³/mol. The van der Waals surface area contributed by atoms with E-state index in [4.69, 9.17) is 4.74 Å². The first-order chi connectivity index (χ1) is 9.76. The number of fused-ring (bicyclic) bond motifs is 2. The van der Waals surface area contributed by atoms with Crippen molar-refractivity contribution in [1.29, 1.82) is 0 Å². The summed E-state index contributed by atoms with van der Waals surface area (Å²) in [6.07, 6.45) is 7.78. The van der Waals surface area contributed by atoms with Gasteiger partial charge in [-0.2, -0.15) is 0 Å². The normalized spacial score (nSPS) is 28.8. The third kappa shape index (κ3) is 2.96. The molecule has 4 unspecified atom stereocenters. The molecule has 0 aromatic carbocycles. The predicted octanol–water partition coefficient (Wildman–Crippen LogP) is 3.15. The van der Waals surface area contributed by atoms with E-state index < -0.39 is 0 Å². The number of thiophene rings is 1. The van der Waals surface area contributed by atoms with Crippen LogP contribution in [0.4, 0.5) is 0 Å². The molecule has 2 bridgehead atoms. The second-order valence-electron chi connectivity index (χ2n) is 5.80. The Labute approximate surface area is 124 Å². The van der Waals surface area contributed by atoms with E-state index >= 15 is 0 Å². The minimum atomic E-state index is -0.149. The summed E-state index contributed by atoms with van der Waals surface area (Å²) in [6.45, 7) is 0.991. The maximum Gasteiger partial charge on any atom is 0.307 e. The molecular weight excluding hydrogens is 270 g/mol. The fraction of sp³-hybridized carbons (Fsp3) is 0.562. The molecule has 0 saturated heterocycles. The summed E-state index contributed by atoms with van der Waals surface area (Å²) in [5, 5.41) is 5.65. The Balaban J connectivity index is 1.59. The van der Waals surface area contributed by atoms with Crippen LogP contribution in [0.2, 0.25) is 0 Å². The highest BCUT2D eigenvalue weighted by Gasteiger charge is 2.35. The van der Waals surface area contributed by atoms with Crippen LogP contribution in [0.5, 0.6) is 0 Å². The third-order valence-electron chi connectivity index (χ3n) is 4.53. The number of hydrogen-bond acceptors (Lipinski definition) is 4. The first kappa shape index (κ1) is 13.8. The zero-order chi connectivity index (χ0) is 13.9. The molecule has 0 spiro atoms. The average Bonchev–Trinajstić information content (AvgIpc) is 3.18. The van der Waals surface area contributed by atoms with E-state index in [9.17, 15) is 4.79 Å². The van der Waals surface area contributed by atoms with Crippen molar-refractivity contribution < 1.29 is 9.53 Å². The van der Waals surface area contributed by atoms with Crippen LogP contribution in [0.15, 0.2) is 29.7 Å². The summed E-state index contributed by atoms with van der Waals surface area (Å²) in [5.74, 6) is 2.12. The Morgan fingerprint density at radius 1 is 1.50 bits per heavy atom. The largest absolute Gasteiger partial charge is 0.469 e. The van der Waals surface area contributed by atoms with Gasteiger partial charge in [-0.15, -0.1) is 11.3 Å². The Bertz CT molecular complexity index is 483. The number of esters is 1. The molecule has 108 valence electrons. The summed E-state index contributed by atoms with van der Waals surface area (Å²) in [7, 11) is 1.45. The molecular formula is C16H21NO2S. The van der Waals surface area contributed by atoms with Crippen molar-refractivity contribution in [3.8, 4) is 0 Å². The zero-order valence-electron chi connectivity index (χ0n) is 11.7. The van der Waals surface area contributed by atoms with E-state index in [1.165, 1.54) is 24.8 Å². The number of hydrogen-bond donors (Lipinski definition) is 1. The summed E-state index contributed by atoms with van der Waals surface area (Å²) in [4.78, 5) is 12.8. The summed E-state index contributed by atoms with van der Waals surface area (Å²) in [5.41, 5.74) is 0. The van der Waals surface area contributed by atoms with Gasteiger partial charge in [-0.3, -0.25) is 4.79 Å². The molecule has 1 N–H and O–H groups in total. The lowest BCUT2D eigenvalue weighted by atomic mass is 9.93. The topological polar surface area (TPSA) is 38.3 Å². The number of ether oxygens (including phenoxy) is 1. The third-order valence-corrected chi connectivity index (χ3v) is 5.51. The quantitative estimate of drug-likeness (QED) is 0.646. The molecule has 1 aromatic rings. The Hall–Kier alpha value is -1.13. The van der Waals surface area contributed by atoms with E-state index in [0.717, 1.165) is 24.3 Å². The number of nitrogens with one attached hydrogen (secondary N) is 1. The zero-order valence-corrected chi connectivity index (χ0v) is 12.6. The number of allylic oxidation sites excluding steroid dienone is 2. The molecule has 2 aliphatic rings. The molecule has 20 heavy (non-hydrogen) atoms. The Morgan fingerprint density at radius 2 is 2.40 bits per heavy atom. The SMILES string of the molecule is COC(=O)CC(NCC1CC2C=CC1C2)c1cccs1. The van der Waals surface area contributed by atoms with Crippen molar-refractivity contribution in [1.82, 2.24) is 5.32 Å². The minimum absolute atomic E-state index is 0.0885. The molecule has 1 saturated carbocycles. The van der Waals surface area contributed by atoms with Crippen LogP contribution in [0, 0.1) is 17.8 Å². The molecule has 0 aliphatic heterocycles. The van der Waals surface area contributed by atoms with Crippen LogP contribution in [0.1, 0.15) is 30.2 Å². The van der Waals surface area contributed by atoms with E-state index in [0.29, 0.717) is 6.42 Å². The highest BCUT2D eigenvalue weighted by atomic mass is 32.1. The van der Waals surface area contributed by atoms with Gasteiger partial charge in [-0.1, -0.05) is 18.2 Å². The van der Waals surface area contributed by atoms with Gasteiger partial charge < -0.3 is 10.1 Å². The lowest BCUT2D eigenvalue weighted by Crippen LogP contribution is -2.30. The summed E-state index contributed by atoms with van der Waals surface area (Å²) >= 11 is 1.70. The summed E-state index contributed by atoms with van der Waals surface area (Å²) < 4.78 is 4.81. The molecule has 1 aromatic heterocycles. The molecule has 4 heteroatoms. The maximum atomic E-state index is 11.6. The molecule has 4 atom stereocenters. The van der Waals surface area contributed by atoms with Gasteiger partial charge >= 0.3 is 5.97 Å². The fourth-order valence-electron chi connectivity index (χ4n) is 3.44. The van der Waals surface area contributed by atoms with Crippen LogP contribution in [-0.4, -0.2) is 19.6 Å². The number of rotatable bonds is 6. The number of methoxy groups -OCH3 is 1. The molecule has 1 fully saturated rings. The van der Waals surface area contributed by atoms with Crippen molar-refractivity contribution in [2.45, 2.75) is 25.3 Å². The second kappa shape index (κ2) is 6.10. The Kier molecular flexibility index (Phi) is 4.22. The van der Waals surface area contributed by atoms with Crippen molar-refractivity contribution in [2.75, 3.05) is 13.7 Å². The number of carbonyl (C=O) groups excluding carboxylic acids is 1. The fourth-order valence-corrected chi connectivity index (χ4v) is 4.24. The van der Waals surface area contributed by atoms with Crippen molar-refractivity contribution in [2.24, 2.45) is 17.8 Å². The van der Waals surface area contributed by atoms with Crippen LogP contribution in [-0.2, 0) is 9.53 Å².